The summed E-state index contributed by atoms with van der Waals surface area (Å²) in [5, 5.41) is 11.5. The van der Waals surface area contributed by atoms with E-state index in [1.54, 1.807) is 30.5 Å². The molecule has 0 radical (unpaired) electrons. The number of rotatable bonds is 6. The van der Waals surface area contributed by atoms with Gasteiger partial charge in [0, 0.05) is 31.2 Å². The van der Waals surface area contributed by atoms with Crippen molar-refractivity contribution in [1.29, 1.82) is 0 Å². The molecule has 1 aromatic carbocycles. The van der Waals surface area contributed by atoms with Crippen molar-refractivity contribution in [3.05, 3.63) is 70.7 Å². The van der Waals surface area contributed by atoms with Gasteiger partial charge in [0.1, 0.15) is 17.3 Å². The number of nitro groups is 1. The molecule has 1 amide bonds. The molecule has 1 fully saturated rings. The minimum atomic E-state index is -0.706. The van der Waals surface area contributed by atoms with Crippen LogP contribution in [-0.2, 0) is 9.53 Å². The fraction of sp³-hybridized carbons (Fsp3) is 0.238. The van der Waals surface area contributed by atoms with Crippen molar-refractivity contribution in [2.45, 2.75) is 18.9 Å². The highest BCUT2D eigenvalue weighted by molar-refractivity contribution is 5.97. The summed E-state index contributed by atoms with van der Waals surface area (Å²) in [6.07, 6.45) is 5.70. The number of fused-ring (bicyclic) bond motifs is 1. The van der Waals surface area contributed by atoms with Crippen LogP contribution in [0.3, 0.4) is 0 Å². The minimum Gasteiger partial charge on any atom is -0.455 e. The van der Waals surface area contributed by atoms with Crippen LogP contribution in [0.5, 0.6) is 5.75 Å². The lowest BCUT2D eigenvalue weighted by Crippen LogP contribution is -2.41. The molecule has 3 heterocycles. The topological polar surface area (TPSA) is 125 Å². The third-order valence-corrected chi connectivity index (χ3v) is 5.02. The summed E-state index contributed by atoms with van der Waals surface area (Å²) in [6.45, 7) is 0.0407. The highest BCUT2D eigenvalue weighted by atomic mass is 16.7. The van der Waals surface area contributed by atoms with Crippen molar-refractivity contribution >= 4 is 28.5 Å². The third-order valence-electron chi connectivity index (χ3n) is 5.02. The first-order valence-electron chi connectivity index (χ1n) is 9.59. The fourth-order valence-electron chi connectivity index (χ4n) is 3.56. The van der Waals surface area contributed by atoms with Crippen LogP contribution in [0.4, 0.5) is 5.69 Å². The van der Waals surface area contributed by atoms with Gasteiger partial charge in [-0.1, -0.05) is 0 Å². The zero-order valence-corrected chi connectivity index (χ0v) is 16.3. The molecule has 1 unspecified atom stereocenters. The van der Waals surface area contributed by atoms with Crippen molar-refractivity contribution in [2.75, 3.05) is 13.3 Å². The number of ether oxygens (including phenoxy) is 2. The molecule has 0 aliphatic carbocycles. The molecule has 1 saturated heterocycles. The summed E-state index contributed by atoms with van der Waals surface area (Å²) in [5.41, 5.74) is 0.604. The van der Waals surface area contributed by atoms with Gasteiger partial charge < -0.3 is 14.4 Å². The number of hydrogen-bond donors (Lipinski definition) is 0. The van der Waals surface area contributed by atoms with Crippen molar-refractivity contribution in [3.8, 4) is 5.75 Å². The zero-order chi connectivity index (χ0) is 21.8. The van der Waals surface area contributed by atoms with E-state index < -0.39 is 23.7 Å². The Morgan fingerprint density at radius 1 is 1.19 bits per heavy atom. The van der Waals surface area contributed by atoms with E-state index in [0.29, 0.717) is 35.9 Å². The van der Waals surface area contributed by atoms with Gasteiger partial charge in [0.2, 0.25) is 6.79 Å². The largest absolute Gasteiger partial charge is 0.455 e. The minimum absolute atomic E-state index is 0.0945. The molecule has 0 bridgehead atoms. The SMILES string of the molecule is O=C(OCOc1ccc([N+](=O)[O-])c2cccnc12)C1CCCN1C(=O)c1cccnc1. The molecular formula is C21H18N4O6. The molecule has 3 aromatic rings. The Labute approximate surface area is 176 Å². The first-order chi connectivity index (χ1) is 15.1. The number of hydrogen-bond acceptors (Lipinski definition) is 8. The molecule has 2 aromatic heterocycles. The van der Waals surface area contributed by atoms with Gasteiger partial charge in [-0.3, -0.25) is 24.9 Å². The van der Waals surface area contributed by atoms with E-state index in [0.717, 1.165) is 0 Å². The standard InChI is InChI=1S/C21H18N4O6/c26-20(14-4-1-9-22-12-14)24-11-3-6-17(24)21(27)31-13-30-18-8-7-16(25(28)29)15-5-2-10-23-19(15)18/h1-2,4-5,7-10,12,17H,3,6,11,13H2. The second-order valence-electron chi connectivity index (χ2n) is 6.86. The molecule has 10 nitrogen and oxygen atoms in total. The van der Waals surface area contributed by atoms with E-state index in [1.165, 1.54) is 29.4 Å². The Bertz CT molecular complexity index is 1140. The molecule has 158 valence electrons. The lowest BCUT2D eigenvalue weighted by Gasteiger charge is -2.23. The number of amides is 1. The maximum atomic E-state index is 12.7. The smallest absolute Gasteiger partial charge is 0.331 e. The van der Waals surface area contributed by atoms with Crippen LogP contribution < -0.4 is 4.74 Å². The molecule has 1 atom stereocenters. The first-order valence-corrected chi connectivity index (χ1v) is 9.59. The molecule has 31 heavy (non-hydrogen) atoms. The van der Waals surface area contributed by atoms with Crippen LogP contribution in [0.1, 0.15) is 23.2 Å². The third kappa shape index (κ3) is 4.13. The highest BCUT2D eigenvalue weighted by Crippen LogP contribution is 2.31. The molecule has 0 spiro atoms. The summed E-state index contributed by atoms with van der Waals surface area (Å²) in [7, 11) is 0. The predicted molar refractivity (Wildman–Crippen MR) is 108 cm³/mol. The zero-order valence-electron chi connectivity index (χ0n) is 16.3. The van der Waals surface area contributed by atoms with Gasteiger partial charge in [0.05, 0.1) is 15.9 Å². The quantitative estimate of drug-likeness (QED) is 0.257. The van der Waals surface area contributed by atoms with Gasteiger partial charge in [-0.05, 0) is 43.2 Å². The Morgan fingerprint density at radius 2 is 2.03 bits per heavy atom. The van der Waals surface area contributed by atoms with Crippen LogP contribution >= 0.6 is 0 Å². The maximum absolute atomic E-state index is 12.7. The van der Waals surface area contributed by atoms with Gasteiger partial charge in [0.25, 0.3) is 11.6 Å². The monoisotopic (exact) mass is 422 g/mol. The predicted octanol–water partition coefficient (Wildman–Crippen LogP) is 2.72. The van der Waals surface area contributed by atoms with Crippen LogP contribution in [0, 0.1) is 10.1 Å². The second kappa shape index (κ2) is 8.74. The number of esters is 1. The van der Waals surface area contributed by atoms with Crippen molar-refractivity contribution in [3.63, 3.8) is 0 Å². The van der Waals surface area contributed by atoms with Crippen LogP contribution in [-0.4, -0.2) is 51.0 Å². The number of nitrogens with zero attached hydrogens (tertiary/aromatic N) is 4. The summed E-state index contributed by atoms with van der Waals surface area (Å²) in [4.78, 5) is 45.5. The van der Waals surface area contributed by atoms with Crippen molar-refractivity contribution in [1.82, 2.24) is 14.9 Å². The van der Waals surface area contributed by atoms with Crippen LogP contribution in [0.2, 0.25) is 0 Å². The van der Waals surface area contributed by atoms with Crippen LogP contribution in [0.15, 0.2) is 55.0 Å². The Balaban J connectivity index is 1.42. The average molecular weight is 422 g/mol. The van der Waals surface area contributed by atoms with Gasteiger partial charge in [-0.25, -0.2) is 4.79 Å². The normalized spacial score (nSPS) is 15.6. The van der Waals surface area contributed by atoms with E-state index in [1.807, 2.05) is 0 Å². The summed E-state index contributed by atoms with van der Waals surface area (Å²) in [5.74, 6) is -0.600. The molecular weight excluding hydrogens is 404 g/mol. The van der Waals surface area contributed by atoms with Crippen LogP contribution in [0.25, 0.3) is 10.9 Å². The van der Waals surface area contributed by atoms with E-state index in [2.05, 4.69) is 9.97 Å². The number of non-ortho nitro benzene ring substituents is 1. The fourth-order valence-corrected chi connectivity index (χ4v) is 3.56. The lowest BCUT2D eigenvalue weighted by atomic mass is 10.1. The average Bonchev–Trinajstić information content (AvgIpc) is 3.29. The molecule has 1 aliphatic rings. The Hall–Kier alpha value is -4.08. The number of aromatic nitrogens is 2. The van der Waals surface area contributed by atoms with E-state index in [-0.39, 0.29) is 17.3 Å². The summed E-state index contributed by atoms with van der Waals surface area (Å²) >= 11 is 0. The first kappa shape index (κ1) is 20.2. The number of benzene rings is 1. The lowest BCUT2D eigenvalue weighted by molar-refractivity contribution is -0.383. The number of nitro benzene ring substituents is 1. The van der Waals surface area contributed by atoms with E-state index in [4.69, 9.17) is 9.47 Å². The van der Waals surface area contributed by atoms with Crippen molar-refractivity contribution < 1.29 is 24.0 Å². The second-order valence-corrected chi connectivity index (χ2v) is 6.86. The van der Waals surface area contributed by atoms with Gasteiger partial charge in [0.15, 0.2) is 0 Å². The highest BCUT2D eigenvalue weighted by Gasteiger charge is 2.35. The number of pyridine rings is 2. The molecule has 0 saturated carbocycles. The maximum Gasteiger partial charge on any atom is 0.331 e. The number of carbonyl (C=O) groups excluding carboxylic acids is 2. The molecule has 1 aliphatic heterocycles. The van der Waals surface area contributed by atoms with E-state index >= 15 is 0 Å². The van der Waals surface area contributed by atoms with Gasteiger partial charge in [-0.2, -0.15) is 0 Å². The van der Waals surface area contributed by atoms with Gasteiger partial charge in [-0.15, -0.1) is 0 Å². The summed E-state index contributed by atoms with van der Waals surface area (Å²) < 4.78 is 10.8. The van der Waals surface area contributed by atoms with Crippen molar-refractivity contribution in [2.24, 2.45) is 0 Å². The Kier molecular flexibility index (Phi) is 5.69. The number of likely N-dealkylation sites (tertiary alicyclic amines) is 1. The Morgan fingerprint density at radius 3 is 2.81 bits per heavy atom. The molecule has 10 heteroatoms. The summed E-state index contributed by atoms with van der Waals surface area (Å²) in [6, 6.07) is 8.48. The molecule has 0 N–H and O–H groups in total. The molecule has 4 rings (SSSR count). The number of carbonyl (C=O) groups is 2. The van der Waals surface area contributed by atoms with E-state index in [9.17, 15) is 19.7 Å². The van der Waals surface area contributed by atoms with Gasteiger partial charge >= 0.3 is 5.97 Å².